The molecule has 144 valence electrons. The second kappa shape index (κ2) is 9.00. The maximum absolute atomic E-state index is 15.1. The molecule has 2 rings (SSSR count). The molecule has 1 aliphatic rings. The van der Waals surface area contributed by atoms with Gasteiger partial charge in [0.05, 0.1) is 12.8 Å². The van der Waals surface area contributed by atoms with E-state index in [0.717, 1.165) is 6.08 Å². The number of allylic oxidation sites excluding steroid dienone is 6. The zero-order valence-electron chi connectivity index (χ0n) is 15.6. The van der Waals surface area contributed by atoms with E-state index in [2.05, 4.69) is 6.58 Å². The van der Waals surface area contributed by atoms with Crippen LogP contribution in [0.5, 0.6) is 5.75 Å². The highest BCUT2D eigenvalue weighted by Gasteiger charge is 2.35. The number of benzene rings is 1. The van der Waals surface area contributed by atoms with E-state index >= 15 is 4.39 Å². The lowest BCUT2D eigenvalue weighted by Gasteiger charge is -2.34. The fourth-order valence-electron chi connectivity index (χ4n) is 3.03. The van der Waals surface area contributed by atoms with Gasteiger partial charge in [0.2, 0.25) is 5.91 Å². The number of hydrogen-bond donors (Lipinski definition) is 0. The second-order valence-corrected chi connectivity index (χ2v) is 6.52. The molecule has 3 nitrogen and oxygen atoms in total. The zero-order valence-corrected chi connectivity index (χ0v) is 16.3. The summed E-state index contributed by atoms with van der Waals surface area (Å²) in [7, 11) is 1.51. The minimum absolute atomic E-state index is 0.0954. The highest BCUT2D eigenvalue weighted by molar-refractivity contribution is 6.32. The molecule has 0 aliphatic carbocycles. The first kappa shape index (κ1) is 20.9. The Labute approximate surface area is 163 Å². The van der Waals surface area contributed by atoms with Gasteiger partial charge in [-0.25, -0.2) is 8.78 Å². The van der Waals surface area contributed by atoms with E-state index in [9.17, 15) is 9.18 Å². The Morgan fingerprint density at radius 2 is 2.15 bits per heavy atom. The van der Waals surface area contributed by atoms with Gasteiger partial charge in [-0.1, -0.05) is 37.3 Å². The summed E-state index contributed by atoms with van der Waals surface area (Å²) in [6, 6.07) is 4.98. The fraction of sp³-hybridized carbons (Fsp3) is 0.286. The summed E-state index contributed by atoms with van der Waals surface area (Å²) < 4.78 is 34.7. The number of rotatable bonds is 6. The Kier molecular flexibility index (Phi) is 6.97. The van der Waals surface area contributed by atoms with E-state index in [-0.39, 0.29) is 30.5 Å². The lowest BCUT2D eigenvalue weighted by molar-refractivity contribution is -0.133. The summed E-state index contributed by atoms with van der Waals surface area (Å²) in [5.74, 6) is -2.30. The summed E-state index contributed by atoms with van der Waals surface area (Å²) in [4.78, 5) is 13.8. The Balaban J connectivity index is 2.81. The molecule has 1 unspecified atom stereocenters. The highest BCUT2D eigenvalue weighted by atomic mass is 35.5. The van der Waals surface area contributed by atoms with Crippen molar-refractivity contribution in [2.45, 2.75) is 20.3 Å². The maximum Gasteiger partial charge on any atom is 0.230 e. The molecule has 0 radical (unpaired) electrons. The van der Waals surface area contributed by atoms with Crippen molar-refractivity contribution in [3.8, 4) is 5.75 Å². The van der Waals surface area contributed by atoms with Crippen molar-refractivity contribution < 1.29 is 18.3 Å². The predicted octanol–water partition coefficient (Wildman–Crippen LogP) is 5.84. The normalized spacial score (nSPS) is 18.8. The molecule has 0 N–H and O–H groups in total. The molecule has 1 atom stereocenters. The fourth-order valence-corrected chi connectivity index (χ4v) is 3.26. The Bertz CT molecular complexity index is 843. The molecule has 1 aromatic carbocycles. The molecule has 0 saturated heterocycles. The molecule has 1 amide bonds. The van der Waals surface area contributed by atoms with Crippen LogP contribution in [0.15, 0.2) is 60.4 Å². The monoisotopic (exact) mass is 393 g/mol. The Hall–Kier alpha value is -2.40. The van der Waals surface area contributed by atoms with Crippen molar-refractivity contribution in [3.05, 3.63) is 70.9 Å². The van der Waals surface area contributed by atoms with Crippen LogP contribution in [0.4, 0.5) is 8.78 Å². The summed E-state index contributed by atoms with van der Waals surface area (Å²) in [6.45, 7) is 7.12. The van der Waals surface area contributed by atoms with E-state index < -0.39 is 11.7 Å². The van der Waals surface area contributed by atoms with Crippen LogP contribution in [0.25, 0.3) is 5.57 Å². The number of hydrogen-bond acceptors (Lipinski definition) is 2. The first-order valence-electron chi connectivity index (χ1n) is 8.58. The standard InChI is InChI=1S/C21H22ClF2NO2/c1-5-7-8-18(23)19(24)20-16(11-13(3)21(26)25(20)6-2)15-12-14(27-4)9-10-17(15)22/h5,7-10,12-13H,1,6,11H2,2-4H3/b8-7-,19-18+. The third kappa shape index (κ3) is 4.30. The Morgan fingerprint density at radius 1 is 1.44 bits per heavy atom. The molecule has 0 fully saturated rings. The van der Waals surface area contributed by atoms with E-state index in [1.165, 1.54) is 24.2 Å². The van der Waals surface area contributed by atoms with Crippen molar-refractivity contribution in [1.82, 2.24) is 4.90 Å². The van der Waals surface area contributed by atoms with Gasteiger partial charge < -0.3 is 9.64 Å². The Morgan fingerprint density at radius 3 is 2.74 bits per heavy atom. The minimum Gasteiger partial charge on any atom is -0.497 e. The highest BCUT2D eigenvalue weighted by Crippen LogP contribution is 2.42. The van der Waals surface area contributed by atoms with Crippen LogP contribution >= 0.6 is 11.6 Å². The molecule has 0 aromatic heterocycles. The number of likely N-dealkylation sites (N-methyl/N-ethyl adjacent to an activating group) is 1. The number of carbonyl (C=O) groups is 1. The minimum atomic E-state index is -1.11. The maximum atomic E-state index is 15.1. The van der Waals surface area contributed by atoms with E-state index in [1.54, 1.807) is 32.0 Å². The number of carbonyl (C=O) groups excluding carboxylic acids is 1. The molecule has 1 heterocycles. The molecular formula is C21H22ClF2NO2. The average Bonchev–Trinajstić information content (AvgIpc) is 2.67. The third-order valence-corrected chi connectivity index (χ3v) is 4.69. The number of amides is 1. The first-order chi connectivity index (χ1) is 12.8. The molecule has 0 bridgehead atoms. The van der Waals surface area contributed by atoms with Gasteiger partial charge in [0.1, 0.15) is 5.75 Å². The number of halogens is 3. The van der Waals surface area contributed by atoms with Gasteiger partial charge in [-0.3, -0.25) is 4.79 Å². The van der Waals surface area contributed by atoms with Gasteiger partial charge in [0.25, 0.3) is 0 Å². The summed E-state index contributed by atoms with van der Waals surface area (Å²) >= 11 is 6.34. The van der Waals surface area contributed by atoms with Crippen LogP contribution in [-0.2, 0) is 4.79 Å². The van der Waals surface area contributed by atoms with E-state index in [0.29, 0.717) is 21.9 Å². The first-order valence-corrected chi connectivity index (χ1v) is 8.96. The topological polar surface area (TPSA) is 29.5 Å². The SMILES string of the molecule is C=C/C=C\C(F)=C(/F)C1=C(c2cc(OC)ccc2Cl)CC(C)C(=O)N1CC. The van der Waals surface area contributed by atoms with Crippen molar-refractivity contribution in [2.24, 2.45) is 5.92 Å². The van der Waals surface area contributed by atoms with Gasteiger partial charge in [0.15, 0.2) is 11.7 Å². The van der Waals surface area contributed by atoms with Gasteiger partial charge in [-0.2, -0.15) is 0 Å². The lowest BCUT2D eigenvalue weighted by atomic mass is 9.87. The van der Waals surface area contributed by atoms with Crippen LogP contribution in [0, 0.1) is 5.92 Å². The number of nitrogens with zero attached hydrogens (tertiary/aromatic N) is 1. The molecule has 1 aromatic rings. The number of methoxy groups -OCH3 is 1. The zero-order chi connectivity index (χ0) is 20.1. The van der Waals surface area contributed by atoms with Crippen LogP contribution in [-0.4, -0.2) is 24.5 Å². The third-order valence-electron chi connectivity index (χ3n) is 4.36. The van der Waals surface area contributed by atoms with Crippen molar-refractivity contribution in [1.29, 1.82) is 0 Å². The van der Waals surface area contributed by atoms with Gasteiger partial charge in [-0.05, 0) is 43.2 Å². The van der Waals surface area contributed by atoms with Crippen LogP contribution < -0.4 is 4.74 Å². The molecule has 0 spiro atoms. The summed E-state index contributed by atoms with van der Waals surface area (Å²) in [5.41, 5.74) is 0.883. The average molecular weight is 394 g/mol. The van der Waals surface area contributed by atoms with E-state index in [1.807, 2.05) is 0 Å². The van der Waals surface area contributed by atoms with Crippen LogP contribution in [0.3, 0.4) is 0 Å². The summed E-state index contributed by atoms with van der Waals surface area (Å²) in [6.07, 6.45) is 3.84. The van der Waals surface area contributed by atoms with Crippen molar-refractivity contribution >= 4 is 23.1 Å². The molecule has 27 heavy (non-hydrogen) atoms. The molecule has 1 aliphatic heterocycles. The second-order valence-electron chi connectivity index (χ2n) is 6.12. The van der Waals surface area contributed by atoms with Crippen LogP contribution in [0.2, 0.25) is 5.02 Å². The summed E-state index contributed by atoms with van der Waals surface area (Å²) in [5, 5.41) is 0.371. The largest absolute Gasteiger partial charge is 0.497 e. The van der Waals surface area contributed by atoms with E-state index in [4.69, 9.17) is 16.3 Å². The number of ether oxygens (including phenoxy) is 1. The molecular weight excluding hydrogens is 372 g/mol. The van der Waals surface area contributed by atoms with Crippen molar-refractivity contribution in [2.75, 3.05) is 13.7 Å². The van der Waals surface area contributed by atoms with Gasteiger partial charge >= 0.3 is 0 Å². The van der Waals surface area contributed by atoms with Gasteiger partial charge in [0, 0.05) is 23.0 Å². The smallest absolute Gasteiger partial charge is 0.230 e. The van der Waals surface area contributed by atoms with Crippen LogP contribution in [0.1, 0.15) is 25.8 Å². The van der Waals surface area contributed by atoms with Gasteiger partial charge in [-0.15, -0.1) is 0 Å². The molecule has 0 saturated carbocycles. The predicted molar refractivity (Wildman–Crippen MR) is 105 cm³/mol. The molecule has 6 heteroatoms. The quantitative estimate of drug-likeness (QED) is 0.568. The van der Waals surface area contributed by atoms with Crippen molar-refractivity contribution in [3.63, 3.8) is 0 Å². The lowest BCUT2D eigenvalue weighted by Crippen LogP contribution is -2.39.